The molecule has 0 aromatic heterocycles. The third-order valence-electron chi connectivity index (χ3n) is 6.69. The number of benzene rings is 4. The van der Waals surface area contributed by atoms with E-state index in [-0.39, 0.29) is 17.2 Å². The summed E-state index contributed by atoms with van der Waals surface area (Å²) in [5.41, 5.74) is 1.92. The molecule has 1 atom stereocenters. The Morgan fingerprint density at radius 2 is 1.52 bits per heavy atom. The first-order chi connectivity index (χ1) is 22.2. The lowest BCUT2D eigenvalue weighted by Gasteiger charge is -2.16. The van der Waals surface area contributed by atoms with Gasteiger partial charge in [0, 0.05) is 27.4 Å². The van der Waals surface area contributed by atoms with Crippen LogP contribution in [0.4, 0.5) is 11.4 Å². The second kappa shape index (κ2) is 16.0. The van der Waals surface area contributed by atoms with Gasteiger partial charge in [0.2, 0.25) is 5.91 Å². The first kappa shape index (κ1) is 33.3. The van der Waals surface area contributed by atoms with Crippen LogP contribution in [0.15, 0.2) is 108 Å². The molecule has 236 valence electrons. The normalized spacial score (nSPS) is 11.6. The summed E-state index contributed by atoms with van der Waals surface area (Å²) in [4.78, 5) is 51.6. The summed E-state index contributed by atoms with van der Waals surface area (Å²) in [5, 5.41) is 17.0. The van der Waals surface area contributed by atoms with E-state index in [4.69, 9.17) is 14.6 Å². The van der Waals surface area contributed by atoms with Gasteiger partial charge in [-0.1, -0.05) is 43.3 Å². The van der Waals surface area contributed by atoms with Gasteiger partial charge in [-0.05, 0) is 73.2 Å². The lowest BCUT2D eigenvalue weighted by molar-refractivity contribution is -0.116. The number of methoxy groups -OCH3 is 2. The molecule has 4 rings (SSSR count). The van der Waals surface area contributed by atoms with Crippen molar-refractivity contribution in [2.24, 2.45) is 0 Å². The predicted octanol–water partition coefficient (Wildman–Crippen LogP) is 6.32. The smallest absolute Gasteiger partial charge is 0.335 e. The van der Waals surface area contributed by atoms with E-state index in [1.165, 1.54) is 56.3 Å². The van der Waals surface area contributed by atoms with Crippen LogP contribution in [-0.2, 0) is 9.59 Å². The first-order valence-electron chi connectivity index (χ1n) is 14.2. The van der Waals surface area contributed by atoms with Crippen LogP contribution < -0.4 is 25.4 Å². The molecule has 1 unspecified atom stereocenters. The average molecular weight is 640 g/mol. The van der Waals surface area contributed by atoms with Crippen LogP contribution in [0.3, 0.4) is 0 Å². The Morgan fingerprint density at radius 3 is 2.17 bits per heavy atom. The number of carboxylic acids is 1. The van der Waals surface area contributed by atoms with Crippen molar-refractivity contribution in [1.29, 1.82) is 0 Å². The van der Waals surface area contributed by atoms with Crippen LogP contribution in [0.25, 0.3) is 6.08 Å². The maximum absolute atomic E-state index is 13.6. The molecule has 0 saturated heterocycles. The number of carbonyl (C=O) groups is 4. The quantitative estimate of drug-likeness (QED) is 0.0983. The summed E-state index contributed by atoms with van der Waals surface area (Å²) in [5.74, 6) is -1.49. The van der Waals surface area contributed by atoms with Gasteiger partial charge in [-0.25, -0.2) is 4.79 Å². The number of carboxylic acid groups (broad SMARTS) is 1. The second-order valence-corrected chi connectivity index (χ2v) is 11.1. The van der Waals surface area contributed by atoms with Crippen LogP contribution in [0.2, 0.25) is 0 Å². The summed E-state index contributed by atoms with van der Waals surface area (Å²) in [7, 11) is 2.99. The minimum atomic E-state index is -1.05. The molecule has 3 amide bonds. The maximum atomic E-state index is 13.6. The molecule has 0 aliphatic carbocycles. The number of carbonyl (C=O) groups excluding carboxylic acids is 3. The lowest BCUT2D eigenvalue weighted by Crippen LogP contribution is -2.30. The van der Waals surface area contributed by atoms with Crippen LogP contribution in [0.5, 0.6) is 11.5 Å². The van der Waals surface area contributed by atoms with Crippen molar-refractivity contribution in [2.45, 2.75) is 23.5 Å². The van der Waals surface area contributed by atoms with Crippen LogP contribution in [0.1, 0.15) is 39.6 Å². The third-order valence-corrected chi connectivity index (χ3v) is 8.05. The molecular formula is C35H33N3O7S. The second-order valence-electron chi connectivity index (χ2n) is 9.83. The molecule has 0 spiro atoms. The summed E-state index contributed by atoms with van der Waals surface area (Å²) in [6.45, 7) is 1.88. The van der Waals surface area contributed by atoms with Gasteiger partial charge >= 0.3 is 5.97 Å². The topological polar surface area (TPSA) is 143 Å². The van der Waals surface area contributed by atoms with E-state index < -0.39 is 23.0 Å². The fourth-order valence-electron chi connectivity index (χ4n) is 4.37. The first-order valence-corrected chi connectivity index (χ1v) is 15.1. The van der Waals surface area contributed by atoms with Gasteiger partial charge in [0.15, 0.2) is 11.5 Å². The van der Waals surface area contributed by atoms with Crippen LogP contribution in [-0.4, -0.2) is 48.3 Å². The molecule has 4 N–H and O–H groups in total. The molecular weight excluding hydrogens is 606 g/mol. The van der Waals surface area contributed by atoms with E-state index in [1.807, 2.05) is 13.0 Å². The SMILES string of the molecule is CCC(Sc1cccc(NC(=O)/C(=C\c2cccc(OC)c2OC)NC(=O)c2ccccc2)c1)C(=O)Nc1ccc(C(=O)O)cc1. The van der Waals surface area contributed by atoms with Gasteiger partial charge < -0.3 is 30.5 Å². The highest BCUT2D eigenvalue weighted by Gasteiger charge is 2.20. The van der Waals surface area contributed by atoms with Crippen molar-refractivity contribution in [3.05, 3.63) is 119 Å². The number of para-hydroxylation sites is 1. The maximum Gasteiger partial charge on any atom is 0.335 e. The number of hydrogen-bond donors (Lipinski definition) is 4. The fraction of sp³-hybridized carbons (Fsp3) is 0.143. The minimum Gasteiger partial charge on any atom is -0.493 e. The Balaban J connectivity index is 1.54. The Kier molecular flexibility index (Phi) is 11.6. The Bertz CT molecular complexity index is 1740. The van der Waals surface area contributed by atoms with Crippen molar-refractivity contribution >= 4 is 52.9 Å². The molecule has 0 bridgehead atoms. The molecule has 11 heteroatoms. The number of nitrogens with one attached hydrogen (secondary N) is 3. The third kappa shape index (κ3) is 8.76. The predicted molar refractivity (Wildman–Crippen MR) is 178 cm³/mol. The van der Waals surface area contributed by atoms with Crippen molar-refractivity contribution in [3.63, 3.8) is 0 Å². The highest BCUT2D eigenvalue weighted by atomic mass is 32.2. The number of anilines is 2. The Hall–Kier alpha value is -5.55. The largest absolute Gasteiger partial charge is 0.493 e. The number of amides is 3. The highest BCUT2D eigenvalue weighted by molar-refractivity contribution is 8.00. The molecule has 46 heavy (non-hydrogen) atoms. The number of thioether (sulfide) groups is 1. The Labute approximate surface area is 270 Å². The van der Waals surface area contributed by atoms with E-state index in [0.29, 0.717) is 40.4 Å². The monoisotopic (exact) mass is 639 g/mol. The van der Waals surface area contributed by atoms with Crippen molar-refractivity contribution < 1.29 is 33.8 Å². The Morgan fingerprint density at radius 1 is 0.804 bits per heavy atom. The molecule has 0 saturated carbocycles. The molecule has 10 nitrogen and oxygen atoms in total. The van der Waals surface area contributed by atoms with Gasteiger partial charge in [0.1, 0.15) is 5.70 Å². The average Bonchev–Trinajstić information content (AvgIpc) is 3.07. The van der Waals surface area contributed by atoms with E-state index in [0.717, 1.165) is 4.90 Å². The van der Waals surface area contributed by atoms with E-state index in [2.05, 4.69) is 16.0 Å². The van der Waals surface area contributed by atoms with Crippen molar-refractivity contribution in [2.75, 3.05) is 24.9 Å². The van der Waals surface area contributed by atoms with E-state index >= 15 is 0 Å². The summed E-state index contributed by atoms with van der Waals surface area (Å²) < 4.78 is 10.9. The summed E-state index contributed by atoms with van der Waals surface area (Å²) >= 11 is 1.32. The van der Waals surface area contributed by atoms with E-state index in [1.54, 1.807) is 66.7 Å². The number of aromatic carboxylic acids is 1. The van der Waals surface area contributed by atoms with Crippen LogP contribution >= 0.6 is 11.8 Å². The van der Waals surface area contributed by atoms with Crippen molar-refractivity contribution in [1.82, 2.24) is 5.32 Å². The van der Waals surface area contributed by atoms with Gasteiger partial charge in [-0.15, -0.1) is 11.8 Å². The molecule has 0 aliphatic rings. The summed E-state index contributed by atoms with van der Waals surface area (Å²) in [6, 6.07) is 26.7. The molecule has 0 aliphatic heterocycles. The minimum absolute atomic E-state index is 0.0295. The summed E-state index contributed by atoms with van der Waals surface area (Å²) in [6.07, 6.45) is 2.03. The number of hydrogen-bond acceptors (Lipinski definition) is 7. The number of rotatable bonds is 13. The van der Waals surface area contributed by atoms with Gasteiger partial charge in [0.05, 0.1) is 25.0 Å². The number of ether oxygens (including phenoxy) is 2. The molecule has 0 fully saturated rings. The van der Waals surface area contributed by atoms with Crippen molar-refractivity contribution in [3.8, 4) is 11.5 Å². The highest BCUT2D eigenvalue weighted by Crippen LogP contribution is 2.32. The van der Waals surface area contributed by atoms with Crippen LogP contribution in [0, 0.1) is 0 Å². The van der Waals surface area contributed by atoms with E-state index in [9.17, 15) is 19.2 Å². The zero-order valence-corrected chi connectivity index (χ0v) is 26.2. The fourth-order valence-corrected chi connectivity index (χ4v) is 5.39. The molecule has 0 radical (unpaired) electrons. The zero-order valence-electron chi connectivity index (χ0n) is 25.4. The van der Waals surface area contributed by atoms with Gasteiger partial charge in [-0.3, -0.25) is 14.4 Å². The van der Waals surface area contributed by atoms with Gasteiger partial charge in [-0.2, -0.15) is 0 Å². The van der Waals surface area contributed by atoms with Gasteiger partial charge in [0.25, 0.3) is 11.8 Å². The standard InChI is InChI=1S/C35H33N3O7S/c1-4-30(34(41)36-25-18-16-23(17-19-25)35(42)43)46-27-14-9-13-26(21-27)37-33(40)28(38-32(39)22-10-6-5-7-11-22)20-24-12-8-15-29(44-2)31(24)45-3/h5-21,30H,4H2,1-3H3,(H,36,41)(H,37,40)(H,38,39)(H,42,43)/b28-20+. The molecule has 0 heterocycles. The molecule has 4 aromatic rings. The molecule has 4 aromatic carbocycles. The lowest BCUT2D eigenvalue weighted by atomic mass is 10.1. The zero-order chi connectivity index (χ0) is 33.1.